The van der Waals surface area contributed by atoms with E-state index in [1.807, 2.05) is 57.0 Å². The predicted molar refractivity (Wildman–Crippen MR) is 82.4 cm³/mol. The Kier molecular flexibility index (Phi) is 4.09. The SMILES string of the molecule is Cc1ccccc1N(C)c1nc(C(C)C)c(C(=O)O)s1. The number of thiazole rings is 1. The van der Waals surface area contributed by atoms with Gasteiger partial charge >= 0.3 is 5.97 Å². The standard InChI is InChI=1S/C15H18N2O2S/c1-9(2)12-13(14(18)19)20-15(16-12)17(4)11-8-6-5-7-10(11)3/h5-9H,1-4H3,(H,18,19). The maximum atomic E-state index is 11.3. The summed E-state index contributed by atoms with van der Waals surface area (Å²) in [5.74, 6) is -0.813. The molecular formula is C15H18N2O2S. The zero-order chi connectivity index (χ0) is 14.9. The van der Waals surface area contributed by atoms with Crippen molar-refractivity contribution in [3.05, 3.63) is 40.4 Å². The summed E-state index contributed by atoms with van der Waals surface area (Å²) in [5.41, 5.74) is 2.82. The molecule has 2 aromatic rings. The van der Waals surface area contributed by atoms with E-state index in [0.29, 0.717) is 15.7 Å². The summed E-state index contributed by atoms with van der Waals surface area (Å²) >= 11 is 1.22. The van der Waals surface area contributed by atoms with Gasteiger partial charge in [0.15, 0.2) is 5.13 Å². The normalized spacial score (nSPS) is 10.8. The van der Waals surface area contributed by atoms with Gasteiger partial charge in [-0.05, 0) is 24.5 Å². The molecule has 0 spiro atoms. The number of carboxylic acids is 1. The Balaban J connectivity index is 2.46. The van der Waals surface area contributed by atoms with Crippen molar-refractivity contribution in [3.8, 4) is 0 Å². The monoisotopic (exact) mass is 290 g/mol. The van der Waals surface area contributed by atoms with Crippen molar-refractivity contribution in [2.45, 2.75) is 26.7 Å². The number of rotatable bonds is 4. The van der Waals surface area contributed by atoms with Crippen molar-refractivity contribution in [2.24, 2.45) is 0 Å². The van der Waals surface area contributed by atoms with E-state index in [4.69, 9.17) is 0 Å². The third-order valence-corrected chi connectivity index (χ3v) is 4.28. The van der Waals surface area contributed by atoms with Crippen LogP contribution in [0, 0.1) is 6.92 Å². The van der Waals surface area contributed by atoms with Crippen molar-refractivity contribution in [1.29, 1.82) is 0 Å². The van der Waals surface area contributed by atoms with Gasteiger partial charge in [-0.1, -0.05) is 43.4 Å². The average Bonchev–Trinajstić information content (AvgIpc) is 2.84. The van der Waals surface area contributed by atoms with Gasteiger partial charge in [0.05, 0.1) is 5.69 Å². The first-order valence-electron chi connectivity index (χ1n) is 6.45. The van der Waals surface area contributed by atoms with Gasteiger partial charge in [-0.15, -0.1) is 0 Å². The Morgan fingerprint density at radius 2 is 2.00 bits per heavy atom. The van der Waals surface area contributed by atoms with Crippen LogP contribution in [0.3, 0.4) is 0 Å². The maximum Gasteiger partial charge on any atom is 0.347 e. The highest BCUT2D eigenvalue weighted by molar-refractivity contribution is 7.17. The molecule has 1 heterocycles. The number of carbonyl (C=O) groups is 1. The van der Waals surface area contributed by atoms with Crippen molar-refractivity contribution >= 4 is 28.1 Å². The Morgan fingerprint density at radius 3 is 2.50 bits per heavy atom. The Morgan fingerprint density at radius 1 is 1.35 bits per heavy atom. The highest BCUT2D eigenvalue weighted by Crippen LogP contribution is 2.34. The number of hydrogen-bond acceptors (Lipinski definition) is 4. The number of aromatic nitrogens is 1. The van der Waals surface area contributed by atoms with Crippen LogP contribution >= 0.6 is 11.3 Å². The smallest absolute Gasteiger partial charge is 0.347 e. The van der Waals surface area contributed by atoms with Crippen LogP contribution in [0.25, 0.3) is 0 Å². The number of nitrogens with zero attached hydrogens (tertiary/aromatic N) is 2. The molecule has 0 saturated carbocycles. The Bertz CT molecular complexity index is 635. The molecule has 4 nitrogen and oxygen atoms in total. The average molecular weight is 290 g/mol. The summed E-state index contributed by atoms with van der Waals surface area (Å²) in [6, 6.07) is 7.98. The van der Waals surface area contributed by atoms with Gasteiger partial charge < -0.3 is 10.0 Å². The molecule has 106 valence electrons. The number of para-hydroxylation sites is 1. The third-order valence-electron chi connectivity index (χ3n) is 3.15. The first-order valence-corrected chi connectivity index (χ1v) is 7.26. The number of carboxylic acid groups (broad SMARTS) is 1. The molecule has 1 aromatic carbocycles. The van der Waals surface area contributed by atoms with E-state index in [9.17, 15) is 9.90 Å². The highest BCUT2D eigenvalue weighted by atomic mass is 32.1. The van der Waals surface area contributed by atoms with E-state index in [0.717, 1.165) is 11.3 Å². The van der Waals surface area contributed by atoms with E-state index in [1.54, 1.807) is 0 Å². The first kappa shape index (κ1) is 14.5. The summed E-state index contributed by atoms with van der Waals surface area (Å²) in [5, 5.41) is 10.00. The van der Waals surface area contributed by atoms with E-state index in [1.165, 1.54) is 11.3 Å². The van der Waals surface area contributed by atoms with E-state index < -0.39 is 5.97 Å². The molecule has 0 aliphatic heterocycles. The summed E-state index contributed by atoms with van der Waals surface area (Å²) in [4.78, 5) is 18.1. The van der Waals surface area contributed by atoms with Gasteiger partial charge in [-0.25, -0.2) is 9.78 Å². The van der Waals surface area contributed by atoms with Crippen LogP contribution in [-0.4, -0.2) is 23.1 Å². The third kappa shape index (κ3) is 2.67. The zero-order valence-electron chi connectivity index (χ0n) is 12.0. The van der Waals surface area contributed by atoms with Crippen LogP contribution in [0.1, 0.15) is 40.7 Å². The maximum absolute atomic E-state index is 11.3. The van der Waals surface area contributed by atoms with Gasteiger partial charge in [0.2, 0.25) is 0 Å². The number of anilines is 2. The topological polar surface area (TPSA) is 53.4 Å². The lowest BCUT2D eigenvalue weighted by Crippen LogP contribution is -2.10. The molecule has 0 aliphatic carbocycles. The van der Waals surface area contributed by atoms with Gasteiger partial charge in [-0.2, -0.15) is 0 Å². The van der Waals surface area contributed by atoms with Gasteiger partial charge in [-0.3, -0.25) is 0 Å². The fourth-order valence-electron chi connectivity index (χ4n) is 2.05. The minimum atomic E-state index is -0.907. The summed E-state index contributed by atoms with van der Waals surface area (Å²) < 4.78 is 0. The summed E-state index contributed by atoms with van der Waals surface area (Å²) in [7, 11) is 1.91. The van der Waals surface area contributed by atoms with Crippen LogP contribution in [-0.2, 0) is 0 Å². The molecule has 0 radical (unpaired) electrons. The van der Waals surface area contributed by atoms with Crippen molar-refractivity contribution < 1.29 is 9.90 Å². The van der Waals surface area contributed by atoms with E-state index >= 15 is 0 Å². The van der Waals surface area contributed by atoms with Gasteiger partial charge in [0, 0.05) is 12.7 Å². The van der Waals surface area contributed by atoms with Crippen molar-refractivity contribution in [2.75, 3.05) is 11.9 Å². The molecule has 0 bridgehead atoms. The quantitative estimate of drug-likeness (QED) is 0.923. The fraction of sp³-hybridized carbons (Fsp3) is 0.333. The lowest BCUT2D eigenvalue weighted by molar-refractivity contribution is 0.0700. The highest BCUT2D eigenvalue weighted by Gasteiger charge is 2.22. The van der Waals surface area contributed by atoms with Crippen molar-refractivity contribution in [1.82, 2.24) is 4.98 Å². The molecule has 0 amide bonds. The van der Waals surface area contributed by atoms with Gasteiger partial charge in [0.1, 0.15) is 4.88 Å². The predicted octanol–water partition coefficient (Wildman–Crippen LogP) is 4.04. The molecule has 0 atom stereocenters. The van der Waals surface area contributed by atoms with Crippen LogP contribution in [0.2, 0.25) is 0 Å². The molecule has 0 saturated heterocycles. The second-order valence-corrected chi connectivity index (χ2v) is 5.99. The number of aromatic carboxylic acids is 1. The van der Waals surface area contributed by atoms with Crippen LogP contribution in [0.15, 0.2) is 24.3 Å². The summed E-state index contributed by atoms with van der Waals surface area (Å²) in [6.45, 7) is 5.94. The van der Waals surface area contributed by atoms with Gasteiger partial charge in [0.25, 0.3) is 0 Å². The molecule has 1 N–H and O–H groups in total. The minimum absolute atomic E-state index is 0.0939. The Labute approximate surface area is 122 Å². The van der Waals surface area contributed by atoms with E-state index in [-0.39, 0.29) is 5.92 Å². The lowest BCUT2D eigenvalue weighted by atomic mass is 10.1. The molecule has 20 heavy (non-hydrogen) atoms. The minimum Gasteiger partial charge on any atom is -0.477 e. The van der Waals surface area contributed by atoms with Crippen LogP contribution in [0.5, 0.6) is 0 Å². The molecule has 2 rings (SSSR count). The first-order chi connectivity index (χ1) is 9.41. The molecule has 1 aromatic heterocycles. The number of benzene rings is 1. The second kappa shape index (κ2) is 5.63. The van der Waals surface area contributed by atoms with Crippen LogP contribution in [0.4, 0.5) is 10.8 Å². The fourth-order valence-corrected chi connectivity index (χ4v) is 3.09. The van der Waals surface area contributed by atoms with Crippen LogP contribution < -0.4 is 4.90 Å². The lowest BCUT2D eigenvalue weighted by Gasteiger charge is -2.18. The van der Waals surface area contributed by atoms with E-state index in [2.05, 4.69) is 4.98 Å². The summed E-state index contributed by atoms with van der Waals surface area (Å²) in [6.07, 6.45) is 0. The van der Waals surface area contributed by atoms with Crippen molar-refractivity contribution in [3.63, 3.8) is 0 Å². The molecule has 5 heteroatoms. The number of aryl methyl sites for hydroxylation is 1. The molecular weight excluding hydrogens is 272 g/mol. The Hall–Kier alpha value is -1.88. The molecule has 0 aliphatic rings. The second-order valence-electron chi connectivity index (χ2n) is 5.02. The molecule has 0 unspecified atom stereocenters. The zero-order valence-corrected chi connectivity index (χ0v) is 12.9. The largest absolute Gasteiger partial charge is 0.477 e. The number of hydrogen-bond donors (Lipinski definition) is 1. The molecule has 0 fully saturated rings.